The molecule has 1 fully saturated rings. The molecule has 36 heavy (non-hydrogen) atoms. The van der Waals surface area contributed by atoms with Gasteiger partial charge in [0.15, 0.2) is 0 Å². The van der Waals surface area contributed by atoms with Crippen molar-refractivity contribution in [2.24, 2.45) is 5.92 Å². The quantitative estimate of drug-likeness (QED) is 0.503. The summed E-state index contributed by atoms with van der Waals surface area (Å²) in [6.07, 6.45) is -2.93. The van der Waals surface area contributed by atoms with E-state index < -0.39 is 34.3 Å². The van der Waals surface area contributed by atoms with Gasteiger partial charge in [0.2, 0.25) is 10.0 Å². The number of nitrogens with one attached hydrogen (secondary N) is 1. The zero-order valence-electron chi connectivity index (χ0n) is 19.3. The topological polar surface area (TPSA) is 75.6 Å². The van der Waals surface area contributed by atoms with Crippen molar-refractivity contribution in [3.63, 3.8) is 0 Å². The van der Waals surface area contributed by atoms with Gasteiger partial charge in [-0.2, -0.15) is 0 Å². The maximum absolute atomic E-state index is 13.0. The molecule has 0 amide bonds. The summed E-state index contributed by atoms with van der Waals surface area (Å²) < 4.78 is 69.6. The van der Waals surface area contributed by atoms with Crippen LogP contribution >= 0.6 is 0 Å². The van der Waals surface area contributed by atoms with Gasteiger partial charge in [0.05, 0.1) is 11.0 Å². The predicted octanol–water partition coefficient (Wildman–Crippen LogP) is 4.93. The van der Waals surface area contributed by atoms with Crippen LogP contribution in [0.1, 0.15) is 41.0 Å². The van der Waals surface area contributed by atoms with E-state index in [1.54, 1.807) is 0 Å². The smallest absolute Gasteiger partial charge is 0.406 e. The highest BCUT2D eigenvalue weighted by molar-refractivity contribution is 7.89. The van der Waals surface area contributed by atoms with Gasteiger partial charge < -0.3 is 9.84 Å². The van der Waals surface area contributed by atoms with Gasteiger partial charge in [0, 0.05) is 12.0 Å². The monoisotopic (exact) mass is 517 g/mol. The molecule has 3 aromatic rings. The van der Waals surface area contributed by atoms with Crippen molar-refractivity contribution < 1.29 is 31.4 Å². The molecule has 0 unspecified atom stereocenters. The summed E-state index contributed by atoms with van der Waals surface area (Å²) in [7, 11) is -4.07. The van der Waals surface area contributed by atoms with Crippen LogP contribution in [0.5, 0.6) is 5.75 Å². The Morgan fingerprint density at radius 2 is 1.39 bits per heavy atom. The molecular formula is C27H26F3NO4S. The standard InChI is InChI=1S/C27H26F3NO4S/c28-27(29,30)35-19-11-13-20(14-12-19)36(33,34)31-24-16-15-23(26(24)32)25-21-7-3-1-5-17(21)9-10-18-6-2-4-8-22(18)25/h1-8,11-14,23-26,31-32H,9-10,15-16H2/t23-,24-,26-/m1/s1. The lowest BCUT2D eigenvalue weighted by atomic mass is 9.77. The van der Waals surface area contributed by atoms with Crippen molar-refractivity contribution in [3.05, 3.63) is 95.1 Å². The Bertz CT molecular complexity index is 1290. The van der Waals surface area contributed by atoms with Crippen LogP contribution in [0.4, 0.5) is 13.2 Å². The van der Waals surface area contributed by atoms with Crippen molar-refractivity contribution >= 4 is 10.0 Å². The molecule has 5 nitrogen and oxygen atoms in total. The lowest BCUT2D eigenvalue weighted by molar-refractivity contribution is -0.274. The van der Waals surface area contributed by atoms with Crippen molar-refractivity contribution in [1.29, 1.82) is 0 Å². The van der Waals surface area contributed by atoms with Crippen LogP contribution in [0.3, 0.4) is 0 Å². The summed E-state index contributed by atoms with van der Waals surface area (Å²) in [4.78, 5) is -0.196. The summed E-state index contributed by atoms with van der Waals surface area (Å²) in [5.41, 5.74) is 4.79. The Hall–Kier alpha value is -2.88. The molecule has 0 aromatic heterocycles. The number of aliphatic hydroxyl groups excluding tert-OH is 1. The first-order valence-electron chi connectivity index (χ1n) is 11.8. The molecular weight excluding hydrogens is 491 g/mol. The normalized spacial score (nSPS) is 22.5. The third kappa shape index (κ3) is 5.00. The molecule has 5 rings (SSSR count). The highest BCUT2D eigenvalue weighted by Crippen LogP contribution is 2.45. The van der Waals surface area contributed by atoms with Crippen molar-refractivity contribution in [1.82, 2.24) is 4.72 Å². The van der Waals surface area contributed by atoms with E-state index in [0.29, 0.717) is 12.8 Å². The van der Waals surface area contributed by atoms with Gasteiger partial charge in [-0.05, 0) is 78.1 Å². The average molecular weight is 518 g/mol. The Balaban J connectivity index is 1.39. The van der Waals surface area contributed by atoms with Gasteiger partial charge in [-0.15, -0.1) is 13.2 Å². The van der Waals surface area contributed by atoms with E-state index in [0.717, 1.165) is 48.2 Å². The van der Waals surface area contributed by atoms with Crippen LogP contribution in [-0.2, 0) is 22.9 Å². The number of sulfonamides is 1. The molecule has 190 valence electrons. The first-order valence-corrected chi connectivity index (χ1v) is 13.3. The second kappa shape index (κ2) is 9.53. The number of benzene rings is 3. The SMILES string of the molecule is O=S(=O)(N[C@@H]1CC[C@H](C2c3ccccc3CCc3ccccc32)[C@H]1O)c1ccc(OC(F)(F)F)cc1. The molecule has 2 N–H and O–H groups in total. The zero-order valence-corrected chi connectivity index (χ0v) is 20.1. The highest BCUT2D eigenvalue weighted by Gasteiger charge is 2.43. The minimum absolute atomic E-state index is 0.0665. The number of aryl methyl sites for hydroxylation is 2. The number of rotatable bonds is 5. The first kappa shape index (κ1) is 24.8. The van der Waals surface area contributed by atoms with Gasteiger partial charge in [0.1, 0.15) is 5.75 Å². The molecule has 0 bridgehead atoms. The predicted molar refractivity (Wildman–Crippen MR) is 128 cm³/mol. The molecule has 0 aliphatic heterocycles. The number of fused-ring (bicyclic) bond motifs is 2. The van der Waals surface area contributed by atoms with Crippen molar-refractivity contribution in [3.8, 4) is 5.75 Å². The van der Waals surface area contributed by atoms with Crippen LogP contribution in [0.15, 0.2) is 77.7 Å². The summed E-state index contributed by atoms with van der Waals surface area (Å²) in [6, 6.07) is 19.7. The minimum atomic E-state index is -4.86. The Kier molecular flexibility index (Phi) is 6.57. The van der Waals surface area contributed by atoms with Gasteiger partial charge >= 0.3 is 6.36 Å². The number of ether oxygens (including phenoxy) is 1. The lowest BCUT2D eigenvalue weighted by Crippen LogP contribution is -2.42. The van der Waals surface area contributed by atoms with Crippen LogP contribution in [0.2, 0.25) is 0 Å². The molecule has 0 saturated heterocycles. The van der Waals surface area contributed by atoms with Crippen LogP contribution in [0, 0.1) is 5.92 Å². The van der Waals surface area contributed by atoms with E-state index in [1.165, 1.54) is 11.1 Å². The van der Waals surface area contributed by atoms with Crippen molar-refractivity contribution in [2.75, 3.05) is 0 Å². The van der Waals surface area contributed by atoms with Crippen LogP contribution in [-0.4, -0.2) is 32.0 Å². The molecule has 0 spiro atoms. The Morgan fingerprint density at radius 1 is 0.833 bits per heavy atom. The summed E-state index contributed by atoms with van der Waals surface area (Å²) in [6.45, 7) is 0. The number of halogens is 3. The minimum Gasteiger partial charge on any atom is -0.406 e. The fourth-order valence-electron chi connectivity index (χ4n) is 5.62. The Labute approximate surface area is 208 Å². The molecule has 2 aliphatic rings. The number of hydrogen-bond acceptors (Lipinski definition) is 4. The van der Waals surface area contributed by atoms with Gasteiger partial charge in [-0.25, -0.2) is 13.1 Å². The molecule has 1 saturated carbocycles. The maximum Gasteiger partial charge on any atom is 0.573 e. The summed E-state index contributed by atoms with van der Waals surface area (Å²) in [5.74, 6) is -0.767. The second-order valence-corrected chi connectivity index (χ2v) is 11.1. The van der Waals surface area contributed by atoms with E-state index in [1.807, 2.05) is 24.3 Å². The fraction of sp³-hybridized carbons (Fsp3) is 0.333. The molecule has 2 aliphatic carbocycles. The van der Waals surface area contributed by atoms with Gasteiger partial charge in [-0.1, -0.05) is 48.5 Å². The summed E-state index contributed by atoms with van der Waals surface area (Å²) in [5, 5.41) is 11.4. The van der Waals surface area contributed by atoms with E-state index >= 15 is 0 Å². The maximum atomic E-state index is 13.0. The van der Waals surface area contributed by atoms with Gasteiger partial charge in [0.25, 0.3) is 0 Å². The van der Waals surface area contributed by atoms with E-state index in [-0.39, 0.29) is 16.7 Å². The van der Waals surface area contributed by atoms with E-state index in [9.17, 15) is 26.7 Å². The number of alkyl halides is 3. The van der Waals surface area contributed by atoms with E-state index in [2.05, 4.69) is 33.7 Å². The Morgan fingerprint density at radius 3 is 1.94 bits per heavy atom. The number of hydrogen-bond donors (Lipinski definition) is 2. The largest absolute Gasteiger partial charge is 0.573 e. The highest BCUT2D eigenvalue weighted by atomic mass is 32.2. The molecule has 0 radical (unpaired) electrons. The molecule has 9 heteroatoms. The third-order valence-corrected chi connectivity index (χ3v) is 8.71. The lowest BCUT2D eigenvalue weighted by Gasteiger charge is -2.30. The first-order chi connectivity index (χ1) is 17.1. The summed E-state index contributed by atoms with van der Waals surface area (Å²) >= 11 is 0. The zero-order chi connectivity index (χ0) is 25.5. The van der Waals surface area contributed by atoms with Gasteiger partial charge in [-0.3, -0.25) is 0 Å². The van der Waals surface area contributed by atoms with E-state index in [4.69, 9.17) is 0 Å². The molecule has 3 aromatic carbocycles. The molecule has 3 atom stereocenters. The van der Waals surface area contributed by atoms with Crippen LogP contribution in [0.25, 0.3) is 0 Å². The number of aliphatic hydroxyl groups is 1. The average Bonchev–Trinajstić information content (AvgIpc) is 3.08. The second-order valence-electron chi connectivity index (χ2n) is 9.35. The third-order valence-electron chi connectivity index (χ3n) is 7.21. The van der Waals surface area contributed by atoms with Crippen LogP contribution < -0.4 is 9.46 Å². The molecule has 0 heterocycles. The van der Waals surface area contributed by atoms with Crippen molar-refractivity contribution in [2.45, 2.75) is 55.0 Å². The fourth-order valence-corrected chi connectivity index (χ4v) is 6.91.